The molecule has 2 N–H and O–H groups in total. The van der Waals surface area contributed by atoms with Crippen LogP contribution in [0.5, 0.6) is 0 Å². The van der Waals surface area contributed by atoms with Crippen LogP contribution in [0.4, 0.5) is 5.69 Å². The topological polar surface area (TPSA) is 88.9 Å². The zero-order valence-corrected chi connectivity index (χ0v) is 21.3. The molecule has 3 aromatic rings. The molecule has 0 saturated carbocycles. The minimum absolute atomic E-state index is 0.129. The van der Waals surface area contributed by atoms with E-state index in [1.807, 2.05) is 47.0 Å². The Labute approximate surface area is 214 Å². The molecule has 0 saturated heterocycles. The van der Waals surface area contributed by atoms with Crippen molar-refractivity contribution in [1.29, 1.82) is 0 Å². The average Bonchev–Trinajstić information content (AvgIpc) is 3.22. The molecule has 1 aromatic heterocycles. The molecule has 2 amide bonds. The van der Waals surface area contributed by atoms with E-state index in [0.29, 0.717) is 28.5 Å². The second-order valence-corrected chi connectivity index (χ2v) is 9.30. The molecule has 0 fully saturated rings. The largest absolute Gasteiger partial charge is 0.345 e. The van der Waals surface area contributed by atoms with Crippen molar-refractivity contribution in [3.63, 3.8) is 0 Å². The molecule has 0 unspecified atom stereocenters. The lowest BCUT2D eigenvalue weighted by molar-refractivity contribution is -0.116. The van der Waals surface area contributed by atoms with Crippen molar-refractivity contribution < 1.29 is 9.59 Å². The Morgan fingerprint density at radius 1 is 1.14 bits per heavy atom. The molecule has 0 aliphatic rings. The summed E-state index contributed by atoms with van der Waals surface area (Å²) in [5.41, 5.74) is 2.66. The molecule has 35 heavy (non-hydrogen) atoms. The van der Waals surface area contributed by atoms with E-state index in [1.165, 1.54) is 17.8 Å². The van der Waals surface area contributed by atoms with Gasteiger partial charge in [-0.05, 0) is 35.3 Å². The number of amides is 2. The lowest BCUT2D eigenvalue weighted by Gasteiger charge is -2.13. The van der Waals surface area contributed by atoms with Crippen molar-refractivity contribution in [2.24, 2.45) is 0 Å². The average molecular weight is 510 g/mol. The summed E-state index contributed by atoms with van der Waals surface area (Å²) in [7, 11) is 0. The fourth-order valence-corrected chi connectivity index (χ4v) is 4.27. The van der Waals surface area contributed by atoms with Crippen LogP contribution in [0.1, 0.15) is 36.7 Å². The zero-order chi connectivity index (χ0) is 25.2. The number of hydrogen-bond donors (Lipinski definition) is 2. The van der Waals surface area contributed by atoms with Gasteiger partial charge in [-0.25, -0.2) is 0 Å². The minimum atomic E-state index is -0.282. The number of nitrogens with zero attached hydrogens (tertiary/aromatic N) is 3. The highest BCUT2D eigenvalue weighted by atomic mass is 35.5. The van der Waals surface area contributed by atoms with Crippen LogP contribution in [-0.4, -0.2) is 32.3 Å². The summed E-state index contributed by atoms with van der Waals surface area (Å²) in [6.07, 6.45) is 4.79. The fraction of sp³-hybridized carbons (Fsp3) is 0.231. The molecule has 0 aliphatic heterocycles. The number of thioether (sulfide) groups is 1. The highest BCUT2D eigenvalue weighted by Crippen LogP contribution is 2.24. The predicted molar refractivity (Wildman–Crippen MR) is 142 cm³/mol. The number of rotatable bonds is 11. The highest BCUT2D eigenvalue weighted by Gasteiger charge is 2.15. The van der Waals surface area contributed by atoms with Crippen LogP contribution in [-0.2, 0) is 22.7 Å². The summed E-state index contributed by atoms with van der Waals surface area (Å²) in [5.74, 6) is 0.630. The third kappa shape index (κ3) is 7.56. The summed E-state index contributed by atoms with van der Waals surface area (Å²) >= 11 is 7.39. The Hall–Kier alpha value is -3.36. The van der Waals surface area contributed by atoms with Crippen LogP contribution in [0.15, 0.2) is 72.4 Å². The molecule has 182 valence electrons. The Kier molecular flexibility index (Phi) is 9.69. The zero-order valence-electron chi connectivity index (χ0n) is 19.7. The van der Waals surface area contributed by atoms with E-state index in [2.05, 4.69) is 41.3 Å². The number of carbonyl (C=O) groups excluding carboxylic acids is 2. The number of benzene rings is 2. The van der Waals surface area contributed by atoms with Crippen molar-refractivity contribution in [3.05, 3.63) is 89.2 Å². The van der Waals surface area contributed by atoms with Crippen LogP contribution in [0.3, 0.4) is 0 Å². The molecule has 0 radical (unpaired) electrons. The van der Waals surface area contributed by atoms with Gasteiger partial charge >= 0.3 is 0 Å². The van der Waals surface area contributed by atoms with Gasteiger partial charge in [-0.2, -0.15) is 0 Å². The van der Waals surface area contributed by atoms with E-state index < -0.39 is 0 Å². The first-order valence-electron chi connectivity index (χ1n) is 11.1. The van der Waals surface area contributed by atoms with Crippen molar-refractivity contribution in [3.8, 4) is 0 Å². The summed E-state index contributed by atoms with van der Waals surface area (Å²) in [6.45, 7) is 8.59. The maximum Gasteiger partial charge on any atom is 0.244 e. The number of halogens is 1. The maximum atomic E-state index is 12.6. The number of anilines is 1. The molecule has 2 aromatic carbocycles. The number of carbonyl (C=O) groups is 2. The van der Waals surface area contributed by atoms with Crippen LogP contribution >= 0.6 is 23.4 Å². The van der Waals surface area contributed by atoms with Gasteiger partial charge in [-0.15, -0.1) is 16.8 Å². The lowest BCUT2D eigenvalue weighted by atomic mass is 10.0. The molecule has 0 bridgehead atoms. The lowest BCUT2D eigenvalue weighted by Crippen LogP contribution is -2.23. The van der Waals surface area contributed by atoms with Gasteiger partial charge < -0.3 is 15.2 Å². The standard InChI is InChI=1S/C26H28ClN5O2S/c1-4-15-32-23(16-28-24(33)14-13-19-9-5-7-11-21(19)27)30-31-26(32)35-17-25(34)29-22-12-8-6-10-20(22)18(2)3/h4-14,18H,1,15-17H2,2-3H3,(H,28,33)(H,29,34)/b14-13+. The number of nitrogens with one attached hydrogen (secondary N) is 2. The number of allylic oxidation sites excluding steroid dienone is 1. The SMILES string of the molecule is C=CCn1c(CNC(=O)/C=C/c2ccccc2Cl)nnc1SCC(=O)Nc1ccccc1C(C)C. The molecule has 0 atom stereocenters. The third-order valence-electron chi connectivity index (χ3n) is 5.03. The monoisotopic (exact) mass is 509 g/mol. The van der Waals surface area contributed by atoms with Crippen molar-refractivity contribution in [2.45, 2.75) is 38.0 Å². The van der Waals surface area contributed by atoms with Gasteiger partial charge in [0.2, 0.25) is 11.8 Å². The first-order valence-corrected chi connectivity index (χ1v) is 12.5. The minimum Gasteiger partial charge on any atom is -0.345 e. The number of aromatic nitrogens is 3. The van der Waals surface area contributed by atoms with E-state index in [0.717, 1.165) is 16.8 Å². The number of para-hydroxylation sites is 1. The van der Waals surface area contributed by atoms with Crippen LogP contribution < -0.4 is 10.6 Å². The molecule has 9 heteroatoms. The van der Waals surface area contributed by atoms with Crippen LogP contribution in [0.2, 0.25) is 5.02 Å². The maximum absolute atomic E-state index is 12.6. The summed E-state index contributed by atoms with van der Waals surface area (Å²) in [4.78, 5) is 24.8. The highest BCUT2D eigenvalue weighted by molar-refractivity contribution is 7.99. The third-order valence-corrected chi connectivity index (χ3v) is 6.35. The van der Waals surface area contributed by atoms with E-state index in [9.17, 15) is 9.59 Å². The van der Waals surface area contributed by atoms with E-state index in [4.69, 9.17) is 11.6 Å². The molecular formula is C26H28ClN5O2S. The Balaban J connectivity index is 1.59. The predicted octanol–water partition coefficient (Wildman–Crippen LogP) is 5.30. The smallest absolute Gasteiger partial charge is 0.244 e. The Morgan fingerprint density at radius 2 is 1.89 bits per heavy atom. The normalized spacial score (nSPS) is 11.1. The van der Waals surface area contributed by atoms with E-state index in [1.54, 1.807) is 18.2 Å². The number of hydrogen-bond acceptors (Lipinski definition) is 5. The van der Waals surface area contributed by atoms with Gasteiger partial charge in [0, 0.05) is 23.3 Å². The van der Waals surface area contributed by atoms with Gasteiger partial charge in [0.05, 0.1) is 12.3 Å². The summed E-state index contributed by atoms with van der Waals surface area (Å²) < 4.78 is 1.82. The summed E-state index contributed by atoms with van der Waals surface area (Å²) in [5, 5.41) is 15.3. The van der Waals surface area contributed by atoms with Crippen LogP contribution in [0.25, 0.3) is 6.08 Å². The van der Waals surface area contributed by atoms with Crippen LogP contribution in [0, 0.1) is 0 Å². The summed E-state index contributed by atoms with van der Waals surface area (Å²) in [6, 6.07) is 15.1. The first kappa shape index (κ1) is 26.2. The van der Waals surface area contributed by atoms with Gasteiger partial charge in [0.15, 0.2) is 11.0 Å². The quantitative estimate of drug-likeness (QED) is 0.208. The van der Waals surface area contributed by atoms with Gasteiger partial charge in [0.25, 0.3) is 0 Å². The van der Waals surface area contributed by atoms with E-state index >= 15 is 0 Å². The first-order chi connectivity index (χ1) is 16.9. The van der Waals surface area contributed by atoms with Crippen molar-refractivity contribution >= 4 is 46.9 Å². The second-order valence-electron chi connectivity index (χ2n) is 7.95. The fourth-order valence-electron chi connectivity index (χ4n) is 3.30. The van der Waals surface area contributed by atoms with Crippen molar-refractivity contribution in [2.75, 3.05) is 11.1 Å². The Bertz CT molecular complexity index is 1220. The molecule has 0 aliphatic carbocycles. The van der Waals surface area contributed by atoms with Gasteiger partial charge in [-0.3, -0.25) is 9.59 Å². The molecular weight excluding hydrogens is 482 g/mol. The molecule has 7 nitrogen and oxygen atoms in total. The van der Waals surface area contributed by atoms with Gasteiger partial charge in [-0.1, -0.05) is 79.7 Å². The molecule has 3 rings (SSSR count). The second kappa shape index (κ2) is 12.9. The van der Waals surface area contributed by atoms with Gasteiger partial charge in [0.1, 0.15) is 0 Å². The van der Waals surface area contributed by atoms with E-state index in [-0.39, 0.29) is 24.1 Å². The molecule has 0 spiro atoms. The van der Waals surface area contributed by atoms with Crippen molar-refractivity contribution in [1.82, 2.24) is 20.1 Å². The Morgan fingerprint density at radius 3 is 2.63 bits per heavy atom. The molecule has 1 heterocycles.